The van der Waals surface area contributed by atoms with E-state index in [1.165, 1.54) is 31.4 Å². The molecule has 2 aromatic rings. The summed E-state index contributed by atoms with van der Waals surface area (Å²) in [6.45, 7) is 0. The summed E-state index contributed by atoms with van der Waals surface area (Å²) in [5.41, 5.74) is -0.304. The molecule has 0 radical (unpaired) electrons. The summed E-state index contributed by atoms with van der Waals surface area (Å²) in [6, 6.07) is 8.36. The zero-order chi connectivity index (χ0) is 15.6. The predicted octanol–water partition coefficient (Wildman–Crippen LogP) is 4.05. The fourth-order valence-electron chi connectivity index (χ4n) is 1.65. The van der Waals surface area contributed by atoms with Crippen LogP contribution in [0.3, 0.4) is 0 Å². The molecule has 2 rings (SSSR count). The molecule has 0 unspecified atom stereocenters. The van der Waals surface area contributed by atoms with E-state index >= 15 is 0 Å². The Balaban J connectivity index is 2.51. The Hall–Kier alpha value is -1.31. The minimum atomic E-state index is -4.05. The first-order valence-corrected chi connectivity index (χ1v) is 8.31. The van der Waals surface area contributed by atoms with Gasteiger partial charge in [-0.1, -0.05) is 33.6 Å². The monoisotopic (exact) mass is 393 g/mol. The molecular formula is C13H10BrClFNO3S. The standard InChI is InChI=1S/C13H10BrClFNO3S/c1-20-11-6-5-8(14)7-12(11)21(18,19)17-13-9(15)3-2-4-10(13)16/h2-7,17H,1H3. The van der Waals surface area contributed by atoms with E-state index in [2.05, 4.69) is 20.7 Å². The summed E-state index contributed by atoms with van der Waals surface area (Å²) in [7, 11) is -2.71. The molecule has 1 N–H and O–H groups in total. The minimum Gasteiger partial charge on any atom is -0.495 e. The third kappa shape index (κ3) is 3.48. The van der Waals surface area contributed by atoms with Crippen LogP contribution >= 0.6 is 27.5 Å². The van der Waals surface area contributed by atoms with Crippen molar-refractivity contribution in [1.29, 1.82) is 0 Å². The summed E-state index contributed by atoms with van der Waals surface area (Å²) < 4.78 is 46.2. The van der Waals surface area contributed by atoms with Crippen LogP contribution in [0.15, 0.2) is 45.8 Å². The Kier molecular flexibility index (Phi) is 4.75. The highest BCUT2D eigenvalue weighted by atomic mass is 79.9. The molecule has 21 heavy (non-hydrogen) atoms. The van der Waals surface area contributed by atoms with Gasteiger partial charge >= 0.3 is 0 Å². The van der Waals surface area contributed by atoms with Crippen molar-refractivity contribution in [3.63, 3.8) is 0 Å². The number of para-hydroxylation sites is 1. The second kappa shape index (κ2) is 6.21. The normalized spacial score (nSPS) is 11.2. The zero-order valence-corrected chi connectivity index (χ0v) is 13.9. The third-order valence-electron chi connectivity index (χ3n) is 2.61. The van der Waals surface area contributed by atoms with Crippen LogP contribution in [-0.2, 0) is 10.0 Å². The van der Waals surface area contributed by atoms with Gasteiger partial charge in [-0.25, -0.2) is 12.8 Å². The maximum atomic E-state index is 13.7. The number of anilines is 1. The second-order valence-electron chi connectivity index (χ2n) is 4.00. The van der Waals surface area contributed by atoms with E-state index in [1.807, 2.05) is 0 Å². The molecule has 0 aliphatic carbocycles. The van der Waals surface area contributed by atoms with Crippen molar-refractivity contribution in [3.05, 3.63) is 51.7 Å². The van der Waals surface area contributed by atoms with E-state index in [9.17, 15) is 12.8 Å². The van der Waals surface area contributed by atoms with Crippen LogP contribution in [0.4, 0.5) is 10.1 Å². The first kappa shape index (κ1) is 16.1. The van der Waals surface area contributed by atoms with Gasteiger partial charge in [-0.3, -0.25) is 4.72 Å². The molecule has 0 aromatic heterocycles. The van der Waals surface area contributed by atoms with Gasteiger partial charge in [0.25, 0.3) is 10.0 Å². The van der Waals surface area contributed by atoms with Crippen molar-refractivity contribution in [3.8, 4) is 5.75 Å². The van der Waals surface area contributed by atoms with E-state index in [1.54, 1.807) is 6.07 Å². The molecule has 8 heteroatoms. The van der Waals surface area contributed by atoms with Crippen LogP contribution < -0.4 is 9.46 Å². The van der Waals surface area contributed by atoms with Gasteiger partial charge in [0.2, 0.25) is 0 Å². The minimum absolute atomic E-state index is 0.0347. The van der Waals surface area contributed by atoms with Crippen molar-refractivity contribution >= 4 is 43.2 Å². The van der Waals surface area contributed by atoms with Crippen molar-refractivity contribution in [1.82, 2.24) is 0 Å². The molecule has 0 bridgehead atoms. The molecule has 0 saturated heterocycles. The number of hydrogen-bond acceptors (Lipinski definition) is 3. The van der Waals surface area contributed by atoms with E-state index in [-0.39, 0.29) is 21.4 Å². The summed E-state index contributed by atoms with van der Waals surface area (Å²) in [5.74, 6) is -0.627. The molecule has 0 amide bonds. The Morgan fingerprint density at radius 3 is 2.62 bits per heavy atom. The maximum absolute atomic E-state index is 13.7. The molecule has 0 spiro atoms. The van der Waals surface area contributed by atoms with Crippen LogP contribution in [0.25, 0.3) is 0 Å². The lowest BCUT2D eigenvalue weighted by Gasteiger charge is -2.13. The van der Waals surface area contributed by atoms with Gasteiger partial charge in [0.15, 0.2) is 0 Å². The largest absolute Gasteiger partial charge is 0.495 e. The van der Waals surface area contributed by atoms with Crippen molar-refractivity contribution < 1.29 is 17.5 Å². The van der Waals surface area contributed by atoms with E-state index in [4.69, 9.17) is 16.3 Å². The molecular weight excluding hydrogens is 385 g/mol. The highest BCUT2D eigenvalue weighted by molar-refractivity contribution is 9.10. The fraction of sp³-hybridized carbons (Fsp3) is 0.0769. The Labute approximate surface area is 135 Å². The Morgan fingerprint density at radius 2 is 2.00 bits per heavy atom. The first-order valence-electron chi connectivity index (χ1n) is 5.65. The topological polar surface area (TPSA) is 55.4 Å². The van der Waals surface area contributed by atoms with Crippen LogP contribution in [0.5, 0.6) is 5.75 Å². The van der Waals surface area contributed by atoms with Crippen molar-refractivity contribution in [2.75, 3.05) is 11.8 Å². The molecule has 4 nitrogen and oxygen atoms in total. The second-order valence-corrected chi connectivity index (χ2v) is 6.97. The highest BCUT2D eigenvalue weighted by Gasteiger charge is 2.22. The first-order chi connectivity index (χ1) is 9.85. The van der Waals surface area contributed by atoms with E-state index in [0.717, 1.165) is 6.07 Å². The van der Waals surface area contributed by atoms with Crippen molar-refractivity contribution in [2.24, 2.45) is 0 Å². The molecule has 0 fully saturated rings. The van der Waals surface area contributed by atoms with E-state index < -0.39 is 15.8 Å². The summed E-state index contributed by atoms with van der Waals surface area (Å²) in [6.07, 6.45) is 0. The smallest absolute Gasteiger partial charge is 0.265 e. The SMILES string of the molecule is COc1ccc(Br)cc1S(=O)(=O)Nc1c(F)cccc1Cl. The average molecular weight is 395 g/mol. The average Bonchev–Trinajstić information content (AvgIpc) is 2.43. The number of halogens is 3. The number of benzene rings is 2. The van der Waals surface area contributed by atoms with Gasteiger partial charge < -0.3 is 4.74 Å². The summed E-state index contributed by atoms with van der Waals surface area (Å²) in [4.78, 5) is -0.126. The van der Waals surface area contributed by atoms with Gasteiger partial charge in [-0.05, 0) is 30.3 Å². The fourth-order valence-corrected chi connectivity index (χ4v) is 3.71. The van der Waals surface area contributed by atoms with E-state index in [0.29, 0.717) is 4.47 Å². The number of rotatable bonds is 4. The third-order valence-corrected chi connectivity index (χ3v) is 4.79. The quantitative estimate of drug-likeness (QED) is 0.851. The van der Waals surface area contributed by atoms with Crippen molar-refractivity contribution in [2.45, 2.75) is 4.90 Å². The van der Waals surface area contributed by atoms with Gasteiger partial charge in [0, 0.05) is 4.47 Å². The van der Waals surface area contributed by atoms with Gasteiger partial charge in [0.05, 0.1) is 12.1 Å². The van der Waals surface area contributed by atoms with Gasteiger partial charge in [-0.2, -0.15) is 0 Å². The number of nitrogens with one attached hydrogen (secondary N) is 1. The van der Waals surface area contributed by atoms with Crippen LogP contribution in [0.2, 0.25) is 5.02 Å². The molecule has 0 heterocycles. The maximum Gasteiger partial charge on any atom is 0.265 e. The molecule has 0 atom stereocenters. The van der Waals surface area contributed by atoms with Gasteiger partial charge in [0.1, 0.15) is 22.1 Å². The van der Waals surface area contributed by atoms with Crippen LogP contribution in [0.1, 0.15) is 0 Å². The number of methoxy groups -OCH3 is 1. The molecule has 112 valence electrons. The summed E-state index contributed by atoms with van der Waals surface area (Å²) >= 11 is 9.00. The lowest BCUT2D eigenvalue weighted by Crippen LogP contribution is -2.15. The molecule has 0 aliphatic rings. The molecule has 0 aliphatic heterocycles. The lowest BCUT2D eigenvalue weighted by molar-refractivity contribution is 0.402. The number of hydrogen-bond donors (Lipinski definition) is 1. The lowest BCUT2D eigenvalue weighted by atomic mass is 10.3. The Morgan fingerprint density at radius 1 is 1.29 bits per heavy atom. The molecule has 0 saturated carbocycles. The van der Waals surface area contributed by atoms with Gasteiger partial charge in [-0.15, -0.1) is 0 Å². The zero-order valence-electron chi connectivity index (χ0n) is 10.7. The molecule has 2 aromatic carbocycles. The predicted molar refractivity (Wildman–Crippen MR) is 82.9 cm³/mol. The van der Waals surface area contributed by atoms with Crippen LogP contribution in [-0.4, -0.2) is 15.5 Å². The Bertz CT molecular complexity index is 763. The summed E-state index contributed by atoms with van der Waals surface area (Å²) in [5, 5.41) is -0.0347. The van der Waals surface area contributed by atoms with Crippen LogP contribution in [0, 0.1) is 5.82 Å². The number of sulfonamides is 1. The highest BCUT2D eigenvalue weighted by Crippen LogP contribution is 2.31. The number of ether oxygens (including phenoxy) is 1.